The number of aromatic amines is 1. The first-order chi connectivity index (χ1) is 15.0. The number of benzene rings is 1. The maximum absolute atomic E-state index is 13.1. The lowest BCUT2D eigenvalue weighted by atomic mass is 10.2. The van der Waals surface area contributed by atoms with Crippen molar-refractivity contribution in [1.29, 1.82) is 0 Å². The van der Waals surface area contributed by atoms with Crippen LogP contribution in [-0.2, 0) is 0 Å². The van der Waals surface area contributed by atoms with E-state index in [0.29, 0.717) is 34.9 Å². The van der Waals surface area contributed by atoms with Gasteiger partial charge in [-0.2, -0.15) is 5.10 Å². The van der Waals surface area contributed by atoms with Crippen molar-refractivity contribution >= 4 is 28.7 Å². The molecule has 1 fully saturated rings. The van der Waals surface area contributed by atoms with Gasteiger partial charge in [-0.15, -0.1) is 5.10 Å². The largest absolute Gasteiger partial charge is 0.368 e. The van der Waals surface area contributed by atoms with Gasteiger partial charge in [-0.25, -0.2) is 9.20 Å². The summed E-state index contributed by atoms with van der Waals surface area (Å²) in [5, 5.41) is 9.39. The number of amides is 1. The first-order valence-electron chi connectivity index (χ1n) is 9.94. The standard InChI is InChI=1S/C21H20ClN7O2/c1-14-17(13-23-29(14)21-24-19(30)18-3-2-8-28(18)25-21)20(31)27-11-9-26(10-12-27)16-6-4-15(22)5-7-16/h2-8,13H,9-12H2,1H3,(H,24,25,30). The Hall–Kier alpha value is -3.59. The Kier molecular flexibility index (Phi) is 4.74. The van der Waals surface area contributed by atoms with Crippen LogP contribution >= 0.6 is 11.6 Å². The number of carbonyl (C=O) groups is 1. The summed E-state index contributed by atoms with van der Waals surface area (Å²) in [6.45, 7) is 4.48. The zero-order valence-electron chi connectivity index (χ0n) is 16.8. The fourth-order valence-electron chi connectivity index (χ4n) is 3.85. The summed E-state index contributed by atoms with van der Waals surface area (Å²) in [4.78, 5) is 32.2. The number of hydrogen-bond acceptors (Lipinski definition) is 5. The molecule has 10 heteroatoms. The second-order valence-corrected chi connectivity index (χ2v) is 7.86. The number of rotatable bonds is 3. The molecule has 0 aliphatic carbocycles. The van der Waals surface area contributed by atoms with Crippen molar-refractivity contribution in [3.63, 3.8) is 0 Å². The Balaban J connectivity index is 1.34. The number of halogens is 1. The zero-order valence-corrected chi connectivity index (χ0v) is 17.6. The smallest absolute Gasteiger partial charge is 0.276 e. The van der Waals surface area contributed by atoms with Crippen LogP contribution in [0.4, 0.5) is 5.69 Å². The van der Waals surface area contributed by atoms with E-state index < -0.39 is 0 Å². The van der Waals surface area contributed by atoms with Gasteiger partial charge >= 0.3 is 0 Å². The van der Waals surface area contributed by atoms with Crippen LogP contribution in [0.5, 0.6) is 0 Å². The predicted molar refractivity (Wildman–Crippen MR) is 117 cm³/mol. The Morgan fingerprint density at radius 3 is 2.58 bits per heavy atom. The van der Waals surface area contributed by atoms with Crippen LogP contribution in [-0.4, -0.2) is 61.4 Å². The van der Waals surface area contributed by atoms with Crippen LogP contribution in [0, 0.1) is 6.92 Å². The van der Waals surface area contributed by atoms with Crippen molar-refractivity contribution < 1.29 is 4.79 Å². The van der Waals surface area contributed by atoms with Crippen LogP contribution in [0.2, 0.25) is 5.02 Å². The fourth-order valence-corrected chi connectivity index (χ4v) is 3.98. The number of anilines is 1. The summed E-state index contributed by atoms with van der Waals surface area (Å²) < 4.78 is 2.98. The third kappa shape index (κ3) is 3.46. The average molecular weight is 438 g/mol. The normalized spacial score (nSPS) is 14.4. The van der Waals surface area contributed by atoms with Gasteiger partial charge in [0.2, 0.25) is 5.95 Å². The first-order valence-corrected chi connectivity index (χ1v) is 10.3. The van der Waals surface area contributed by atoms with Crippen molar-refractivity contribution in [2.45, 2.75) is 6.92 Å². The molecule has 1 aliphatic rings. The van der Waals surface area contributed by atoms with Gasteiger partial charge < -0.3 is 9.80 Å². The molecule has 0 radical (unpaired) electrons. The SMILES string of the molecule is Cc1c(C(=O)N2CCN(c3ccc(Cl)cc3)CC2)cnn1-c1nn2cccc2c(=O)[nH]1. The maximum Gasteiger partial charge on any atom is 0.276 e. The van der Waals surface area contributed by atoms with Crippen molar-refractivity contribution in [1.82, 2.24) is 29.3 Å². The third-order valence-corrected chi connectivity index (χ3v) is 5.84. The third-order valence-electron chi connectivity index (χ3n) is 5.59. The monoisotopic (exact) mass is 437 g/mol. The molecule has 1 N–H and O–H groups in total. The maximum atomic E-state index is 13.1. The van der Waals surface area contributed by atoms with Crippen molar-refractivity contribution in [3.05, 3.63) is 75.4 Å². The summed E-state index contributed by atoms with van der Waals surface area (Å²) in [6.07, 6.45) is 3.22. The number of aromatic nitrogens is 5. The second kappa shape index (κ2) is 7.59. The molecule has 4 aromatic rings. The van der Waals surface area contributed by atoms with Gasteiger partial charge in [0.25, 0.3) is 11.5 Å². The van der Waals surface area contributed by atoms with Crippen LogP contribution in [0.3, 0.4) is 0 Å². The molecule has 5 rings (SSSR count). The molecule has 1 aromatic carbocycles. The summed E-state index contributed by atoms with van der Waals surface area (Å²) in [7, 11) is 0. The lowest BCUT2D eigenvalue weighted by molar-refractivity contribution is 0.0746. The fraction of sp³-hybridized carbons (Fsp3) is 0.238. The highest BCUT2D eigenvalue weighted by molar-refractivity contribution is 6.30. The molecule has 4 heterocycles. The van der Waals surface area contributed by atoms with E-state index in [1.165, 1.54) is 15.4 Å². The summed E-state index contributed by atoms with van der Waals surface area (Å²) >= 11 is 5.97. The molecule has 0 unspecified atom stereocenters. The van der Waals surface area contributed by atoms with Crippen LogP contribution < -0.4 is 10.5 Å². The van der Waals surface area contributed by atoms with Crippen molar-refractivity contribution in [2.75, 3.05) is 31.1 Å². The Morgan fingerprint density at radius 1 is 1.10 bits per heavy atom. The number of piperazine rings is 1. The van der Waals surface area contributed by atoms with E-state index in [9.17, 15) is 9.59 Å². The molecule has 3 aromatic heterocycles. The van der Waals surface area contributed by atoms with Gasteiger partial charge in [-0.05, 0) is 43.3 Å². The lowest BCUT2D eigenvalue weighted by Crippen LogP contribution is -2.48. The zero-order chi connectivity index (χ0) is 21.5. The molecule has 158 valence electrons. The first kappa shape index (κ1) is 19.4. The predicted octanol–water partition coefficient (Wildman–Crippen LogP) is 2.13. The van der Waals surface area contributed by atoms with Crippen LogP contribution in [0.25, 0.3) is 11.5 Å². The number of nitrogens with one attached hydrogen (secondary N) is 1. The van der Waals surface area contributed by atoms with E-state index >= 15 is 0 Å². The minimum absolute atomic E-state index is 0.0797. The topological polar surface area (TPSA) is 91.5 Å². The number of H-pyrrole nitrogens is 1. The quantitative estimate of drug-likeness (QED) is 0.530. The van der Waals surface area contributed by atoms with E-state index in [0.717, 1.165) is 18.8 Å². The van der Waals surface area contributed by atoms with Crippen LogP contribution in [0.1, 0.15) is 16.1 Å². The van der Waals surface area contributed by atoms with E-state index in [4.69, 9.17) is 11.6 Å². The van der Waals surface area contributed by atoms with Crippen molar-refractivity contribution in [3.8, 4) is 5.95 Å². The molecule has 0 spiro atoms. The highest BCUT2D eigenvalue weighted by Crippen LogP contribution is 2.21. The minimum Gasteiger partial charge on any atom is -0.368 e. The number of carbonyl (C=O) groups excluding carboxylic acids is 1. The molecule has 31 heavy (non-hydrogen) atoms. The number of nitrogens with zero attached hydrogens (tertiary/aromatic N) is 6. The molecule has 0 bridgehead atoms. The molecular formula is C21H20ClN7O2. The highest BCUT2D eigenvalue weighted by Gasteiger charge is 2.25. The van der Waals surface area contributed by atoms with E-state index in [1.54, 1.807) is 25.3 Å². The van der Waals surface area contributed by atoms with Gasteiger partial charge in [-0.3, -0.25) is 14.6 Å². The summed E-state index contributed by atoms with van der Waals surface area (Å²) in [6, 6.07) is 11.2. The Morgan fingerprint density at radius 2 is 1.84 bits per heavy atom. The van der Waals surface area contributed by atoms with Gasteiger partial charge in [-0.1, -0.05) is 11.6 Å². The van der Waals surface area contributed by atoms with Crippen molar-refractivity contribution in [2.24, 2.45) is 0 Å². The summed E-state index contributed by atoms with van der Waals surface area (Å²) in [5.74, 6) is 0.182. The Bertz CT molecular complexity index is 1310. The van der Waals surface area contributed by atoms with E-state index in [-0.39, 0.29) is 17.4 Å². The number of hydrogen-bond donors (Lipinski definition) is 1. The highest BCUT2D eigenvalue weighted by atomic mass is 35.5. The van der Waals surface area contributed by atoms with E-state index in [2.05, 4.69) is 20.1 Å². The lowest BCUT2D eigenvalue weighted by Gasteiger charge is -2.36. The van der Waals surface area contributed by atoms with Gasteiger partial charge in [0.05, 0.1) is 17.5 Å². The molecular weight excluding hydrogens is 418 g/mol. The summed E-state index contributed by atoms with van der Waals surface area (Å²) in [5.41, 5.74) is 2.39. The minimum atomic E-state index is -0.268. The number of fused-ring (bicyclic) bond motifs is 1. The molecule has 0 atom stereocenters. The molecule has 1 saturated heterocycles. The molecule has 1 aliphatic heterocycles. The average Bonchev–Trinajstić information content (AvgIpc) is 3.41. The molecule has 0 saturated carbocycles. The molecule has 9 nitrogen and oxygen atoms in total. The van der Waals surface area contributed by atoms with Gasteiger partial charge in [0.15, 0.2) is 0 Å². The Labute approximate surface area is 182 Å². The molecule has 1 amide bonds. The van der Waals surface area contributed by atoms with Crippen LogP contribution in [0.15, 0.2) is 53.6 Å². The van der Waals surface area contributed by atoms with Gasteiger partial charge in [0.1, 0.15) is 5.52 Å². The van der Waals surface area contributed by atoms with E-state index in [1.807, 2.05) is 29.2 Å². The van der Waals surface area contributed by atoms with Gasteiger partial charge in [0, 0.05) is 43.1 Å². The second-order valence-electron chi connectivity index (χ2n) is 7.43.